The van der Waals surface area contributed by atoms with Gasteiger partial charge in [0.05, 0.1) is 12.7 Å². The molecule has 0 aliphatic carbocycles. The highest BCUT2D eigenvalue weighted by atomic mass is 32.1. The van der Waals surface area contributed by atoms with Gasteiger partial charge in [-0.2, -0.15) is 11.3 Å². The monoisotopic (exact) mass is 241 g/mol. The molecule has 0 saturated heterocycles. The summed E-state index contributed by atoms with van der Waals surface area (Å²) in [5, 5.41) is 15.8. The van der Waals surface area contributed by atoms with Gasteiger partial charge in [0.15, 0.2) is 0 Å². The van der Waals surface area contributed by atoms with Crippen molar-refractivity contribution in [3.8, 4) is 0 Å². The van der Waals surface area contributed by atoms with E-state index in [1.165, 1.54) is 13.2 Å². The fourth-order valence-corrected chi connectivity index (χ4v) is 1.70. The molecule has 1 amide bonds. The number of amides is 1. The topological polar surface area (TPSA) is 58.6 Å². The van der Waals surface area contributed by atoms with Crippen LogP contribution >= 0.6 is 11.3 Å². The summed E-state index contributed by atoms with van der Waals surface area (Å²) in [6.07, 6.45) is 2.51. The summed E-state index contributed by atoms with van der Waals surface area (Å²) in [5.74, 6) is -0.221. The highest BCUT2D eigenvalue weighted by Crippen LogP contribution is 2.07. The largest absolute Gasteiger partial charge is 0.389 e. The molecule has 16 heavy (non-hydrogen) atoms. The van der Waals surface area contributed by atoms with Crippen molar-refractivity contribution in [3.63, 3.8) is 0 Å². The SMILES string of the molecule is COCC(O)CNC(=O)/C=C/c1ccsc1. The standard InChI is InChI=1S/C11H15NO3S/c1-15-7-10(13)6-12-11(14)3-2-9-4-5-16-8-9/h2-5,8,10,13H,6-7H2,1H3,(H,12,14)/b3-2+. The van der Waals surface area contributed by atoms with Crippen molar-refractivity contribution in [1.82, 2.24) is 5.32 Å². The van der Waals surface area contributed by atoms with Crippen LogP contribution in [0, 0.1) is 0 Å². The van der Waals surface area contributed by atoms with Crippen molar-refractivity contribution < 1.29 is 14.6 Å². The first-order valence-corrected chi connectivity index (χ1v) is 5.81. The predicted octanol–water partition coefficient (Wildman–Crippen LogP) is 0.885. The summed E-state index contributed by atoms with van der Waals surface area (Å²) >= 11 is 1.58. The lowest BCUT2D eigenvalue weighted by atomic mass is 10.3. The average molecular weight is 241 g/mol. The van der Waals surface area contributed by atoms with Gasteiger partial charge in [-0.05, 0) is 28.5 Å². The zero-order valence-corrected chi connectivity index (χ0v) is 9.87. The molecule has 0 aliphatic heterocycles. The molecule has 0 spiro atoms. The van der Waals surface area contributed by atoms with Crippen LogP contribution in [0.4, 0.5) is 0 Å². The molecule has 1 atom stereocenters. The number of methoxy groups -OCH3 is 1. The van der Waals surface area contributed by atoms with Gasteiger partial charge in [0.2, 0.25) is 5.91 Å². The maximum absolute atomic E-state index is 11.3. The number of aliphatic hydroxyl groups is 1. The first kappa shape index (κ1) is 12.9. The number of aliphatic hydroxyl groups excluding tert-OH is 1. The third-order valence-corrected chi connectivity index (χ3v) is 2.54. The fourth-order valence-electron chi connectivity index (χ4n) is 1.07. The minimum absolute atomic E-state index is 0.195. The van der Waals surface area contributed by atoms with Gasteiger partial charge in [-0.25, -0.2) is 0 Å². The van der Waals surface area contributed by atoms with Crippen molar-refractivity contribution in [2.45, 2.75) is 6.10 Å². The van der Waals surface area contributed by atoms with Crippen LogP contribution in [0.3, 0.4) is 0 Å². The Morgan fingerprint density at radius 1 is 1.75 bits per heavy atom. The summed E-state index contributed by atoms with van der Waals surface area (Å²) in [5.41, 5.74) is 0.998. The lowest BCUT2D eigenvalue weighted by Crippen LogP contribution is -2.33. The predicted molar refractivity (Wildman–Crippen MR) is 64.2 cm³/mol. The normalized spacial score (nSPS) is 12.9. The van der Waals surface area contributed by atoms with Gasteiger partial charge in [0.25, 0.3) is 0 Å². The Morgan fingerprint density at radius 3 is 3.19 bits per heavy atom. The van der Waals surface area contributed by atoms with Crippen molar-refractivity contribution in [2.75, 3.05) is 20.3 Å². The molecule has 4 nitrogen and oxygen atoms in total. The number of carbonyl (C=O) groups is 1. The summed E-state index contributed by atoms with van der Waals surface area (Å²) in [4.78, 5) is 11.3. The smallest absolute Gasteiger partial charge is 0.244 e. The Balaban J connectivity index is 2.26. The summed E-state index contributed by atoms with van der Waals surface area (Å²) < 4.78 is 4.74. The van der Waals surface area contributed by atoms with E-state index in [0.29, 0.717) is 0 Å². The van der Waals surface area contributed by atoms with Crippen LogP contribution in [0.1, 0.15) is 5.56 Å². The second-order valence-electron chi connectivity index (χ2n) is 3.24. The number of thiophene rings is 1. The molecule has 0 fully saturated rings. The Labute approximate surface area is 98.6 Å². The first-order chi connectivity index (χ1) is 7.72. The molecule has 5 heteroatoms. The van der Waals surface area contributed by atoms with Crippen LogP contribution in [0.5, 0.6) is 0 Å². The molecule has 1 rings (SSSR count). The van der Waals surface area contributed by atoms with Crippen molar-refractivity contribution in [2.24, 2.45) is 0 Å². The van der Waals surface area contributed by atoms with Gasteiger partial charge >= 0.3 is 0 Å². The minimum atomic E-state index is -0.663. The molecule has 1 heterocycles. The molecule has 2 N–H and O–H groups in total. The summed E-state index contributed by atoms with van der Waals surface area (Å²) in [7, 11) is 1.50. The van der Waals surface area contributed by atoms with Gasteiger partial charge < -0.3 is 15.2 Å². The van der Waals surface area contributed by atoms with E-state index in [2.05, 4.69) is 5.32 Å². The molecule has 0 radical (unpaired) electrons. The minimum Gasteiger partial charge on any atom is -0.389 e. The molecule has 1 aromatic rings. The third kappa shape index (κ3) is 5.06. The molecular weight excluding hydrogens is 226 g/mol. The zero-order chi connectivity index (χ0) is 11.8. The van der Waals surface area contributed by atoms with Crippen molar-refractivity contribution >= 4 is 23.3 Å². The summed E-state index contributed by atoms with van der Waals surface area (Å²) in [6, 6.07) is 1.92. The van der Waals surface area contributed by atoms with E-state index in [1.54, 1.807) is 17.4 Å². The van der Waals surface area contributed by atoms with Crippen LogP contribution in [0.25, 0.3) is 6.08 Å². The van der Waals surface area contributed by atoms with E-state index < -0.39 is 6.10 Å². The van der Waals surface area contributed by atoms with Gasteiger partial charge in [-0.1, -0.05) is 0 Å². The molecule has 0 saturated carbocycles. The average Bonchev–Trinajstić information content (AvgIpc) is 2.77. The number of ether oxygens (including phenoxy) is 1. The van der Waals surface area contributed by atoms with Gasteiger partial charge in [0, 0.05) is 19.7 Å². The van der Waals surface area contributed by atoms with Gasteiger partial charge in [0.1, 0.15) is 0 Å². The Bertz CT molecular complexity index is 335. The number of hydrogen-bond acceptors (Lipinski definition) is 4. The van der Waals surface area contributed by atoms with Crippen LogP contribution in [0.2, 0.25) is 0 Å². The molecular formula is C11H15NO3S. The van der Waals surface area contributed by atoms with E-state index in [-0.39, 0.29) is 19.1 Å². The molecule has 1 unspecified atom stereocenters. The number of hydrogen-bond donors (Lipinski definition) is 2. The fraction of sp³-hybridized carbons (Fsp3) is 0.364. The van der Waals surface area contributed by atoms with E-state index >= 15 is 0 Å². The van der Waals surface area contributed by atoms with Crippen molar-refractivity contribution in [1.29, 1.82) is 0 Å². The van der Waals surface area contributed by atoms with E-state index in [4.69, 9.17) is 4.74 Å². The second-order valence-corrected chi connectivity index (χ2v) is 4.02. The van der Waals surface area contributed by atoms with E-state index in [0.717, 1.165) is 5.56 Å². The zero-order valence-electron chi connectivity index (χ0n) is 9.05. The molecule has 1 aromatic heterocycles. The Kier molecular flexibility index (Phi) is 5.77. The highest BCUT2D eigenvalue weighted by molar-refractivity contribution is 7.08. The number of rotatable bonds is 6. The Morgan fingerprint density at radius 2 is 2.56 bits per heavy atom. The lowest BCUT2D eigenvalue weighted by Gasteiger charge is -2.08. The third-order valence-electron chi connectivity index (χ3n) is 1.84. The quantitative estimate of drug-likeness (QED) is 0.727. The number of nitrogens with one attached hydrogen (secondary N) is 1. The molecule has 0 aliphatic rings. The first-order valence-electron chi connectivity index (χ1n) is 4.87. The molecule has 88 valence electrons. The highest BCUT2D eigenvalue weighted by Gasteiger charge is 2.03. The maximum Gasteiger partial charge on any atom is 0.244 e. The van der Waals surface area contributed by atoms with E-state index in [1.807, 2.05) is 16.8 Å². The second kappa shape index (κ2) is 7.16. The maximum atomic E-state index is 11.3. The van der Waals surface area contributed by atoms with Gasteiger partial charge in [-0.15, -0.1) is 0 Å². The van der Waals surface area contributed by atoms with Crippen LogP contribution in [0.15, 0.2) is 22.9 Å². The van der Waals surface area contributed by atoms with Gasteiger partial charge in [-0.3, -0.25) is 4.79 Å². The van der Waals surface area contributed by atoms with Crippen molar-refractivity contribution in [3.05, 3.63) is 28.5 Å². The lowest BCUT2D eigenvalue weighted by molar-refractivity contribution is -0.117. The van der Waals surface area contributed by atoms with Crippen LogP contribution in [-0.2, 0) is 9.53 Å². The molecule has 0 aromatic carbocycles. The number of carbonyl (C=O) groups excluding carboxylic acids is 1. The van der Waals surface area contributed by atoms with Crippen LogP contribution < -0.4 is 5.32 Å². The van der Waals surface area contributed by atoms with E-state index in [9.17, 15) is 9.90 Å². The van der Waals surface area contributed by atoms with Crippen LogP contribution in [-0.4, -0.2) is 37.4 Å². The summed E-state index contributed by atoms with van der Waals surface area (Å²) in [6.45, 7) is 0.412. The molecule has 0 bridgehead atoms. The Hall–Kier alpha value is -1.17.